The second-order valence-electron chi connectivity index (χ2n) is 4.99. The second kappa shape index (κ2) is 6.89. The topological polar surface area (TPSA) is 84.2 Å². The normalized spacial score (nSPS) is 12.1. The second-order valence-corrected chi connectivity index (χ2v) is 4.99. The number of nitrogens with two attached hydrogens (primary N) is 1. The van der Waals surface area contributed by atoms with E-state index in [0.717, 1.165) is 0 Å². The van der Waals surface area contributed by atoms with Gasteiger partial charge in [0.15, 0.2) is 0 Å². The maximum absolute atomic E-state index is 11.9. The van der Waals surface area contributed by atoms with Crippen LogP contribution in [0.15, 0.2) is 24.3 Å². The van der Waals surface area contributed by atoms with Gasteiger partial charge in [-0.15, -0.1) is 0 Å². The van der Waals surface area contributed by atoms with Gasteiger partial charge in [0.25, 0.3) is 0 Å². The zero-order valence-electron chi connectivity index (χ0n) is 11.6. The van der Waals surface area contributed by atoms with Gasteiger partial charge in [-0.3, -0.25) is 9.59 Å². The number of carbonyl (C=O) groups is 2. The first-order valence-corrected chi connectivity index (χ1v) is 6.32. The van der Waals surface area contributed by atoms with Crippen LogP contribution in [0, 0.1) is 5.92 Å². The highest BCUT2D eigenvalue weighted by molar-refractivity contribution is 5.96. The Kier molecular flexibility index (Phi) is 5.51. The van der Waals surface area contributed by atoms with Crippen molar-refractivity contribution in [2.24, 2.45) is 11.7 Å². The zero-order chi connectivity index (χ0) is 14.4. The lowest BCUT2D eigenvalue weighted by Gasteiger charge is -2.14. The van der Waals surface area contributed by atoms with Crippen molar-refractivity contribution in [3.05, 3.63) is 24.3 Å². The molecule has 0 saturated heterocycles. The van der Waals surface area contributed by atoms with Crippen molar-refractivity contribution in [1.82, 2.24) is 0 Å². The minimum absolute atomic E-state index is 0.153. The molecular formula is C14H21N3O2. The predicted octanol–water partition coefficient (Wildman–Crippen LogP) is 1.96. The van der Waals surface area contributed by atoms with Crippen molar-refractivity contribution in [3.63, 3.8) is 0 Å². The minimum atomic E-state index is -0.524. The molecule has 0 heterocycles. The SMILES string of the molecule is CC(=O)Nc1cccc(NC(=O)[C@@H](N)CC(C)C)c1. The highest BCUT2D eigenvalue weighted by atomic mass is 16.2. The van der Waals surface area contributed by atoms with Gasteiger partial charge in [0.1, 0.15) is 0 Å². The van der Waals surface area contributed by atoms with E-state index in [1.165, 1.54) is 6.92 Å². The lowest BCUT2D eigenvalue weighted by atomic mass is 10.0. The maximum Gasteiger partial charge on any atom is 0.241 e. The third kappa shape index (κ3) is 5.52. The molecule has 19 heavy (non-hydrogen) atoms. The van der Waals surface area contributed by atoms with Gasteiger partial charge in [-0.25, -0.2) is 0 Å². The van der Waals surface area contributed by atoms with E-state index >= 15 is 0 Å². The first kappa shape index (κ1) is 15.2. The Morgan fingerprint density at radius 2 is 1.79 bits per heavy atom. The summed E-state index contributed by atoms with van der Waals surface area (Å²) in [5.74, 6) is 0.000115. The van der Waals surface area contributed by atoms with E-state index in [0.29, 0.717) is 23.7 Å². The molecule has 0 aliphatic rings. The molecule has 0 aliphatic heterocycles. The van der Waals surface area contributed by atoms with E-state index in [1.807, 2.05) is 13.8 Å². The number of anilines is 2. The third-order valence-corrected chi connectivity index (χ3v) is 2.51. The van der Waals surface area contributed by atoms with Gasteiger partial charge in [-0.1, -0.05) is 19.9 Å². The highest BCUT2D eigenvalue weighted by Crippen LogP contribution is 2.15. The Morgan fingerprint density at radius 3 is 2.32 bits per heavy atom. The molecule has 1 rings (SSSR count). The molecule has 0 spiro atoms. The van der Waals surface area contributed by atoms with Crippen LogP contribution in [0.5, 0.6) is 0 Å². The summed E-state index contributed by atoms with van der Waals surface area (Å²) in [4.78, 5) is 22.8. The van der Waals surface area contributed by atoms with E-state index in [4.69, 9.17) is 5.73 Å². The molecule has 0 aromatic heterocycles. The summed E-state index contributed by atoms with van der Waals surface area (Å²) in [5, 5.41) is 5.40. The van der Waals surface area contributed by atoms with Crippen molar-refractivity contribution < 1.29 is 9.59 Å². The number of nitrogens with one attached hydrogen (secondary N) is 2. The molecular weight excluding hydrogens is 242 g/mol. The molecule has 2 amide bonds. The summed E-state index contributed by atoms with van der Waals surface area (Å²) in [7, 11) is 0. The van der Waals surface area contributed by atoms with Crippen molar-refractivity contribution in [1.29, 1.82) is 0 Å². The number of rotatable bonds is 5. The zero-order valence-corrected chi connectivity index (χ0v) is 11.6. The number of hydrogen-bond donors (Lipinski definition) is 3. The standard InChI is InChI=1S/C14H21N3O2/c1-9(2)7-13(15)14(19)17-12-6-4-5-11(8-12)16-10(3)18/h4-6,8-9,13H,7,15H2,1-3H3,(H,16,18)(H,17,19)/t13-/m0/s1. The molecule has 5 nitrogen and oxygen atoms in total. The average molecular weight is 263 g/mol. The largest absolute Gasteiger partial charge is 0.326 e. The van der Waals surface area contributed by atoms with Gasteiger partial charge in [0.2, 0.25) is 11.8 Å². The first-order chi connectivity index (χ1) is 8.88. The minimum Gasteiger partial charge on any atom is -0.326 e. The van der Waals surface area contributed by atoms with Gasteiger partial charge in [0, 0.05) is 18.3 Å². The lowest BCUT2D eigenvalue weighted by Crippen LogP contribution is -2.36. The Labute approximate surface area is 113 Å². The molecule has 1 aromatic carbocycles. The summed E-state index contributed by atoms with van der Waals surface area (Å²) in [6.45, 7) is 5.47. The van der Waals surface area contributed by atoms with Crippen LogP contribution in [0.4, 0.5) is 11.4 Å². The molecule has 104 valence electrons. The fourth-order valence-electron chi connectivity index (χ4n) is 1.73. The average Bonchev–Trinajstić information content (AvgIpc) is 2.27. The smallest absolute Gasteiger partial charge is 0.241 e. The summed E-state index contributed by atoms with van der Waals surface area (Å²) in [6.07, 6.45) is 0.636. The molecule has 0 radical (unpaired) electrons. The molecule has 0 aliphatic carbocycles. The van der Waals surface area contributed by atoms with E-state index in [1.54, 1.807) is 24.3 Å². The van der Waals surface area contributed by atoms with Crippen molar-refractivity contribution in [2.75, 3.05) is 10.6 Å². The van der Waals surface area contributed by atoms with Crippen LogP contribution in [0.3, 0.4) is 0 Å². The Balaban J connectivity index is 2.66. The molecule has 5 heteroatoms. The number of benzene rings is 1. The van der Waals surface area contributed by atoms with E-state index in [9.17, 15) is 9.59 Å². The molecule has 1 atom stereocenters. The number of amides is 2. The van der Waals surface area contributed by atoms with Gasteiger partial charge < -0.3 is 16.4 Å². The van der Waals surface area contributed by atoms with Crippen LogP contribution < -0.4 is 16.4 Å². The monoisotopic (exact) mass is 263 g/mol. The van der Waals surface area contributed by atoms with Crippen LogP contribution in [-0.4, -0.2) is 17.9 Å². The first-order valence-electron chi connectivity index (χ1n) is 6.32. The lowest BCUT2D eigenvalue weighted by molar-refractivity contribution is -0.117. The van der Waals surface area contributed by atoms with E-state index in [-0.39, 0.29) is 11.8 Å². The molecule has 0 bridgehead atoms. The molecule has 0 unspecified atom stereocenters. The van der Waals surface area contributed by atoms with Gasteiger partial charge in [-0.2, -0.15) is 0 Å². The summed E-state index contributed by atoms with van der Waals surface area (Å²) in [5.41, 5.74) is 7.07. The van der Waals surface area contributed by atoms with Crippen LogP contribution in [0.25, 0.3) is 0 Å². The molecule has 0 saturated carbocycles. The molecule has 0 fully saturated rings. The summed E-state index contributed by atoms with van der Waals surface area (Å²) in [6, 6.07) is 6.44. The highest BCUT2D eigenvalue weighted by Gasteiger charge is 2.15. The van der Waals surface area contributed by atoms with Crippen molar-refractivity contribution in [3.8, 4) is 0 Å². The van der Waals surface area contributed by atoms with Gasteiger partial charge in [0.05, 0.1) is 6.04 Å². The van der Waals surface area contributed by atoms with Crippen molar-refractivity contribution >= 4 is 23.2 Å². The molecule has 4 N–H and O–H groups in total. The maximum atomic E-state index is 11.9. The van der Waals surface area contributed by atoms with Crippen LogP contribution in [-0.2, 0) is 9.59 Å². The third-order valence-electron chi connectivity index (χ3n) is 2.51. The Bertz CT molecular complexity index is 458. The van der Waals surface area contributed by atoms with Gasteiger partial charge in [-0.05, 0) is 30.5 Å². The fraction of sp³-hybridized carbons (Fsp3) is 0.429. The fourth-order valence-corrected chi connectivity index (χ4v) is 1.73. The predicted molar refractivity (Wildman–Crippen MR) is 76.8 cm³/mol. The van der Waals surface area contributed by atoms with Crippen LogP contribution in [0.1, 0.15) is 27.2 Å². The quantitative estimate of drug-likeness (QED) is 0.759. The summed E-state index contributed by atoms with van der Waals surface area (Å²) >= 11 is 0. The van der Waals surface area contributed by atoms with E-state index < -0.39 is 6.04 Å². The van der Waals surface area contributed by atoms with Crippen molar-refractivity contribution in [2.45, 2.75) is 33.2 Å². The van der Waals surface area contributed by atoms with Gasteiger partial charge >= 0.3 is 0 Å². The Morgan fingerprint density at radius 1 is 1.21 bits per heavy atom. The number of carbonyl (C=O) groups excluding carboxylic acids is 2. The van der Waals surface area contributed by atoms with Crippen LogP contribution >= 0.6 is 0 Å². The van der Waals surface area contributed by atoms with E-state index in [2.05, 4.69) is 10.6 Å². The molecule has 1 aromatic rings. The van der Waals surface area contributed by atoms with Crippen LogP contribution in [0.2, 0.25) is 0 Å². The Hall–Kier alpha value is -1.88. The number of hydrogen-bond acceptors (Lipinski definition) is 3. The summed E-state index contributed by atoms with van der Waals surface area (Å²) < 4.78 is 0.